The number of nitrogens with zero attached hydrogens (tertiary/aromatic N) is 1. The molecule has 2 rings (SSSR count). The van der Waals surface area contributed by atoms with Crippen molar-refractivity contribution in [2.45, 2.75) is 71.0 Å². The zero-order chi connectivity index (χ0) is 15.1. The number of rotatable bonds is 7. The molecule has 1 heterocycles. The molecule has 2 unspecified atom stereocenters. The Kier molecular flexibility index (Phi) is 6.72. The van der Waals surface area contributed by atoms with Gasteiger partial charge in [0, 0.05) is 24.7 Å². The molecular formula is C19H32N2. The molecule has 2 nitrogen and oxygen atoms in total. The second kappa shape index (κ2) is 8.55. The van der Waals surface area contributed by atoms with Crippen LogP contribution >= 0.6 is 0 Å². The molecule has 0 bridgehead atoms. The molecule has 0 aliphatic carbocycles. The molecule has 2 heteroatoms. The van der Waals surface area contributed by atoms with Gasteiger partial charge in [0.2, 0.25) is 0 Å². The van der Waals surface area contributed by atoms with Gasteiger partial charge >= 0.3 is 0 Å². The van der Waals surface area contributed by atoms with E-state index in [-0.39, 0.29) is 0 Å². The van der Waals surface area contributed by atoms with Gasteiger partial charge in [-0.3, -0.25) is 4.90 Å². The van der Waals surface area contributed by atoms with Crippen LogP contribution in [0.4, 0.5) is 0 Å². The van der Waals surface area contributed by atoms with Crippen molar-refractivity contribution < 1.29 is 0 Å². The summed E-state index contributed by atoms with van der Waals surface area (Å²) in [6.45, 7) is 9.42. The Morgan fingerprint density at radius 3 is 2.52 bits per heavy atom. The van der Waals surface area contributed by atoms with E-state index < -0.39 is 0 Å². The summed E-state index contributed by atoms with van der Waals surface area (Å²) in [4.78, 5) is 2.72. The third-order valence-electron chi connectivity index (χ3n) is 4.76. The van der Waals surface area contributed by atoms with E-state index in [1.807, 2.05) is 0 Å². The van der Waals surface area contributed by atoms with Gasteiger partial charge in [-0.25, -0.2) is 0 Å². The summed E-state index contributed by atoms with van der Waals surface area (Å²) >= 11 is 0. The van der Waals surface area contributed by atoms with E-state index in [0.717, 1.165) is 0 Å². The Hall–Kier alpha value is -0.860. The number of nitrogens with one attached hydrogen (secondary N) is 1. The van der Waals surface area contributed by atoms with Crippen molar-refractivity contribution in [3.8, 4) is 0 Å². The lowest BCUT2D eigenvalue weighted by atomic mass is 9.98. The molecular weight excluding hydrogens is 256 g/mol. The highest BCUT2D eigenvalue weighted by molar-refractivity contribution is 5.16. The fraction of sp³-hybridized carbons (Fsp3) is 0.684. The van der Waals surface area contributed by atoms with Gasteiger partial charge in [0.15, 0.2) is 0 Å². The van der Waals surface area contributed by atoms with E-state index in [0.29, 0.717) is 18.1 Å². The topological polar surface area (TPSA) is 15.3 Å². The van der Waals surface area contributed by atoms with E-state index >= 15 is 0 Å². The Morgan fingerprint density at radius 2 is 1.95 bits per heavy atom. The van der Waals surface area contributed by atoms with Gasteiger partial charge in [0.05, 0.1) is 0 Å². The Bertz CT molecular complexity index is 382. The summed E-state index contributed by atoms with van der Waals surface area (Å²) < 4.78 is 0. The first-order valence-corrected chi connectivity index (χ1v) is 8.73. The zero-order valence-corrected chi connectivity index (χ0v) is 14.0. The summed E-state index contributed by atoms with van der Waals surface area (Å²) in [6, 6.07) is 12.9. The van der Waals surface area contributed by atoms with E-state index in [9.17, 15) is 0 Å². The molecule has 0 aromatic heterocycles. The standard InChI is InChI=1S/C19H32N2/c1-4-19(14-17-10-6-5-7-11-17)21(16(2)3)15-18-12-8-9-13-20-18/h5-7,10-11,16,18-20H,4,8-9,12-15H2,1-3H3. The van der Waals surface area contributed by atoms with E-state index in [1.54, 1.807) is 0 Å². The van der Waals surface area contributed by atoms with E-state index in [2.05, 4.69) is 61.3 Å². The lowest BCUT2D eigenvalue weighted by Gasteiger charge is -2.38. The average molecular weight is 288 g/mol. The van der Waals surface area contributed by atoms with Gasteiger partial charge in [0.1, 0.15) is 0 Å². The first-order valence-electron chi connectivity index (χ1n) is 8.73. The normalized spacial score (nSPS) is 20.9. The Balaban J connectivity index is 1.99. The molecule has 1 aliphatic rings. The molecule has 1 saturated heterocycles. The molecule has 0 saturated carbocycles. The monoisotopic (exact) mass is 288 g/mol. The fourth-order valence-electron chi connectivity index (χ4n) is 3.50. The van der Waals surface area contributed by atoms with Gasteiger partial charge in [-0.05, 0) is 51.6 Å². The Morgan fingerprint density at radius 1 is 1.19 bits per heavy atom. The second-order valence-electron chi connectivity index (χ2n) is 6.69. The van der Waals surface area contributed by atoms with Crippen LogP contribution in [0.15, 0.2) is 30.3 Å². The van der Waals surface area contributed by atoms with Crippen molar-refractivity contribution in [1.29, 1.82) is 0 Å². The highest BCUT2D eigenvalue weighted by Crippen LogP contribution is 2.18. The maximum atomic E-state index is 3.71. The molecule has 0 radical (unpaired) electrons. The second-order valence-corrected chi connectivity index (χ2v) is 6.69. The lowest BCUT2D eigenvalue weighted by Crippen LogP contribution is -2.50. The lowest BCUT2D eigenvalue weighted by molar-refractivity contribution is 0.124. The van der Waals surface area contributed by atoms with Crippen molar-refractivity contribution in [2.75, 3.05) is 13.1 Å². The highest BCUT2D eigenvalue weighted by atomic mass is 15.2. The van der Waals surface area contributed by atoms with Crippen LogP contribution in [-0.4, -0.2) is 36.1 Å². The quantitative estimate of drug-likeness (QED) is 0.819. The van der Waals surface area contributed by atoms with Gasteiger partial charge in [-0.2, -0.15) is 0 Å². The van der Waals surface area contributed by atoms with Crippen LogP contribution in [-0.2, 0) is 6.42 Å². The van der Waals surface area contributed by atoms with Crippen LogP contribution in [0.25, 0.3) is 0 Å². The molecule has 21 heavy (non-hydrogen) atoms. The minimum Gasteiger partial charge on any atom is -0.313 e. The molecule has 1 aromatic carbocycles. The van der Waals surface area contributed by atoms with Gasteiger partial charge in [-0.1, -0.05) is 43.7 Å². The molecule has 1 fully saturated rings. The third kappa shape index (κ3) is 5.12. The first-order chi connectivity index (χ1) is 10.2. The number of hydrogen-bond acceptors (Lipinski definition) is 2. The SMILES string of the molecule is CCC(Cc1ccccc1)N(CC1CCCCN1)C(C)C. The van der Waals surface area contributed by atoms with Crippen LogP contribution in [0.5, 0.6) is 0 Å². The maximum absolute atomic E-state index is 3.71. The van der Waals surface area contributed by atoms with Crippen LogP contribution in [0, 0.1) is 0 Å². The van der Waals surface area contributed by atoms with Crippen molar-refractivity contribution in [3.05, 3.63) is 35.9 Å². The maximum Gasteiger partial charge on any atom is 0.0195 e. The summed E-state index contributed by atoms with van der Waals surface area (Å²) in [5, 5.41) is 3.71. The van der Waals surface area contributed by atoms with Gasteiger partial charge in [-0.15, -0.1) is 0 Å². The van der Waals surface area contributed by atoms with Gasteiger partial charge in [0.25, 0.3) is 0 Å². The molecule has 0 amide bonds. The average Bonchev–Trinajstić information content (AvgIpc) is 2.52. The van der Waals surface area contributed by atoms with Crippen molar-refractivity contribution in [2.24, 2.45) is 0 Å². The van der Waals surface area contributed by atoms with Crippen molar-refractivity contribution in [3.63, 3.8) is 0 Å². The van der Waals surface area contributed by atoms with Crippen molar-refractivity contribution in [1.82, 2.24) is 10.2 Å². The summed E-state index contributed by atoms with van der Waals surface area (Å²) in [5.41, 5.74) is 1.46. The summed E-state index contributed by atoms with van der Waals surface area (Å²) in [5.74, 6) is 0. The van der Waals surface area contributed by atoms with Gasteiger partial charge < -0.3 is 5.32 Å². The number of benzene rings is 1. The first kappa shape index (κ1) is 16.5. The third-order valence-corrected chi connectivity index (χ3v) is 4.76. The highest BCUT2D eigenvalue weighted by Gasteiger charge is 2.24. The molecule has 1 N–H and O–H groups in total. The summed E-state index contributed by atoms with van der Waals surface area (Å²) in [6.07, 6.45) is 6.46. The zero-order valence-electron chi connectivity index (χ0n) is 14.0. The van der Waals surface area contributed by atoms with E-state index in [1.165, 1.54) is 50.8 Å². The molecule has 1 aromatic rings. The predicted molar refractivity (Wildman–Crippen MR) is 91.7 cm³/mol. The van der Waals surface area contributed by atoms with Crippen LogP contribution in [0.1, 0.15) is 52.0 Å². The molecule has 118 valence electrons. The smallest absolute Gasteiger partial charge is 0.0195 e. The largest absolute Gasteiger partial charge is 0.313 e. The number of hydrogen-bond donors (Lipinski definition) is 1. The van der Waals surface area contributed by atoms with Crippen LogP contribution in [0.2, 0.25) is 0 Å². The predicted octanol–water partition coefficient (Wildman–Crippen LogP) is 3.86. The van der Waals surface area contributed by atoms with E-state index in [4.69, 9.17) is 0 Å². The van der Waals surface area contributed by atoms with Crippen LogP contribution in [0.3, 0.4) is 0 Å². The molecule has 2 atom stereocenters. The minimum absolute atomic E-state index is 0.613. The van der Waals surface area contributed by atoms with Crippen LogP contribution < -0.4 is 5.32 Å². The number of piperidine rings is 1. The Labute approximate surface area is 130 Å². The summed E-state index contributed by atoms with van der Waals surface area (Å²) in [7, 11) is 0. The molecule has 0 spiro atoms. The molecule has 1 aliphatic heterocycles. The minimum atomic E-state index is 0.613. The fourth-order valence-corrected chi connectivity index (χ4v) is 3.50. The van der Waals surface area contributed by atoms with Crippen molar-refractivity contribution >= 4 is 0 Å².